The smallest absolute Gasteiger partial charge is 0.119 e. The number of benzene rings is 1. The Bertz CT molecular complexity index is 470. The normalized spacial score (nSPS) is 12.4. The average Bonchev–Trinajstić information content (AvgIpc) is 2.81. The fourth-order valence-corrected chi connectivity index (χ4v) is 2.05. The van der Waals surface area contributed by atoms with Crippen LogP contribution in [0.4, 0.5) is 0 Å². The van der Waals surface area contributed by atoms with Crippen LogP contribution in [-0.2, 0) is 0 Å². The predicted octanol–water partition coefficient (Wildman–Crippen LogP) is 1.90. The molecule has 0 spiro atoms. The monoisotopic (exact) mass is 235 g/mol. The molecule has 1 unspecified atom stereocenters. The molecule has 1 aromatic heterocycles. The zero-order chi connectivity index (χ0) is 11.5. The van der Waals surface area contributed by atoms with Crippen molar-refractivity contribution in [2.75, 3.05) is 7.11 Å². The lowest BCUT2D eigenvalue weighted by Gasteiger charge is -2.13. The molecule has 0 aliphatic rings. The molecule has 2 N–H and O–H groups in total. The Kier molecular flexibility index (Phi) is 3.17. The summed E-state index contributed by atoms with van der Waals surface area (Å²) in [5.41, 5.74) is 9.07. The number of aromatic nitrogens is 2. The quantitative estimate of drug-likeness (QED) is 0.882. The van der Waals surface area contributed by atoms with Crippen LogP contribution in [0.2, 0.25) is 0 Å². The molecule has 4 nitrogen and oxygen atoms in total. The van der Waals surface area contributed by atoms with E-state index < -0.39 is 0 Å². The molecular formula is C11H13N3OS. The van der Waals surface area contributed by atoms with Crippen molar-refractivity contribution in [1.82, 2.24) is 8.75 Å². The highest BCUT2D eigenvalue weighted by atomic mass is 32.1. The van der Waals surface area contributed by atoms with Gasteiger partial charge in [0.05, 0.1) is 36.8 Å². The first-order valence-corrected chi connectivity index (χ1v) is 5.63. The van der Waals surface area contributed by atoms with E-state index in [0.717, 1.165) is 22.6 Å². The van der Waals surface area contributed by atoms with E-state index in [1.165, 1.54) is 11.7 Å². The maximum atomic E-state index is 6.12. The third-order valence-electron chi connectivity index (χ3n) is 2.51. The fourth-order valence-electron chi connectivity index (χ4n) is 1.59. The Labute approximate surface area is 98.4 Å². The molecule has 0 bridgehead atoms. The second-order valence-electron chi connectivity index (χ2n) is 3.53. The minimum atomic E-state index is -0.218. The number of rotatable bonds is 3. The molecule has 0 amide bonds. The van der Waals surface area contributed by atoms with Crippen LogP contribution in [0.5, 0.6) is 5.75 Å². The van der Waals surface area contributed by atoms with Gasteiger partial charge in [-0.05, 0) is 30.2 Å². The molecule has 5 heteroatoms. The highest BCUT2D eigenvalue weighted by Gasteiger charge is 2.14. The van der Waals surface area contributed by atoms with Gasteiger partial charge in [-0.3, -0.25) is 0 Å². The molecule has 1 heterocycles. The van der Waals surface area contributed by atoms with Crippen LogP contribution in [0.15, 0.2) is 24.4 Å². The molecule has 1 aromatic carbocycles. The van der Waals surface area contributed by atoms with Gasteiger partial charge >= 0.3 is 0 Å². The van der Waals surface area contributed by atoms with E-state index in [1.807, 2.05) is 25.1 Å². The summed E-state index contributed by atoms with van der Waals surface area (Å²) in [4.78, 5) is 0. The van der Waals surface area contributed by atoms with Crippen molar-refractivity contribution in [3.8, 4) is 5.75 Å². The first kappa shape index (κ1) is 11.0. The molecule has 2 aromatic rings. The van der Waals surface area contributed by atoms with Gasteiger partial charge < -0.3 is 10.5 Å². The zero-order valence-electron chi connectivity index (χ0n) is 9.18. The molecule has 84 valence electrons. The molecule has 0 saturated heterocycles. The lowest BCUT2D eigenvalue weighted by Crippen LogP contribution is -2.13. The maximum Gasteiger partial charge on any atom is 0.119 e. The first-order valence-electron chi connectivity index (χ1n) is 4.90. The second kappa shape index (κ2) is 4.59. The van der Waals surface area contributed by atoms with E-state index >= 15 is 0 Å². The van der Waals surface area contributed by atoms with Gasteiger partial charge in [0.15, 0.2) is 0 Å². The van der Waals surface area contributed by atoms with Crippen molar-refractivity contribution in [1.29, 1.82) is 0 Å². The number of hydrogen-bond acceptors (Lipinski definition) is 5. The van der Waals surface area contributed by atoms with Crippen molar-refractivity contribution in [2.45, 2.75) is 13.0 Å². The van der Waals surface area contributed by atoms with E-state index in [0.29, 0.717) is 0 Å². The molecule has 0 aliphatic heterocycles. The summed E-state index contributed by atoms with van der Waals surface area (Å²) in [6.45, 7) is 2.01. The lowest BCUT2D eigenvalue weighted by atomic mass is 10.00. The number of ether oxygens (including phenoxy) is 1. The van der Waals surface area contributed by atoms with Crippen LogP contribution >= 0.6 is 11.7 Å². The molecule has 0 fully saturated rings. The third-order valence-corrected chi connectivity index (χ3v) is 3.00. The minimum absolute atomic E-state index is 0.218. The van der Waals surface area contributed by atoms with Crippen LogP contribution in [0.1, 0.15) is 22.9 Å². The summed E-state index contributed by atoms with van der Waals surface area (Å²) in [6, 6.07) is 5.62. The number of methoxy groups -OCH3 is 1. The fraction of sp³-hybridized carbons (Fsp3) is 0.273. The van der Waals surface area contributed by atoms with Gasteiger partial charge in [-0.2, -0.15) is 8.75 Å². The van der Waals surface area contributed by atoms with Crippen LogP contribution in [0.25, 0.3) is 0 Å². The van der Waals surface area contributed by atoms with E-state index in [-0.39, 0.29) is 6.04 Å². The van der Waals surface area contributed by atoms with Crippen molar-refractivity contribution >= 4 is 11.7 Å². The number of nitrogens with two attached hydrogens (primary N) is 1. The maximum absolute atomic E-state index is 6.12. The van der Waals surface area contributed by atoms with Crippen LogP contribution < -0.4 is 10.5 Å². The first-order chi connectivity index (χ1) is 7.72. The van der Waals surface area contributed by atoms with Gasteiger partial charge in [0.25, 0.3) is 0 Å². The third kappa shape index (κ3) is 2.05. The van der Waals surface area contributed by atoms with Crippen LogP contribution in [-0.4, -0.2) is 15.9 Å². The van der Waals surface area contributed by atoms with E-state index in [2.05, 4.69) is 8.75 Å². The van der Waals surface area contributed by atoms with Crippen LogP contribution in [0.3, 0.4) is 0 Å². The molecule has 16 heavy (non-hydrogen) atoms. The summed E-state index contributed by atoms with van der Waals surface area (Å²) in [6.07, 6.45) is 1.71. The minimum Gasteiger partial charge on any atom is -0.497 e. The van der Waals surface area contributed by atoms with Gasteiger partial charge in [0.2, 0.25) is 0 Å². The van der Waals surface area contributed by atoms with Gasteiger partial charge in [0, 0.05) is 0 Å². The van der Waals surface area contributed by atoms with Gasteiger partial charge in [-0.15, -0.1) is 0 Å². The lowest BCUT2D eigenvalue weighted by molar-refractivity contribution is 0.414. The standard InChI is InChI=1S/C11H13N3OS/c1-7-5-8(15-2)3-4-9(7)11(12)10-6-13-16-14-10/h3-6,11H,12H2,1-2H3. The number of nitrogens with zero attached hydrogens (tertiary/aromatic N) is 2. The SMILES string of the molecule is COc1ccc(C(N)c2cnsn2)c(C)c1. The molecule has 0 saturated carbocycles. The molecule has 0 aliphatic carbocycles. The van der Waals surface area contributed by atoms with Gasteiger partial charge in [0.1, 0.15) is 5.75 Å². The summed E-state index contributed by atoms with van der Waals surface area (Å²) in [5, 5.41) is 0. The highest BCUT2D eigenvalue weighted by molar-refractivity contribution is 6.99. The Morgan fingerprint density at radius 1 is 1.44 bits per heavy atom. The second-order valence-corrected chi connectivity index (χ2v) is 4.09. The largest absolute Gasteiger partial charge is 0.497 e. The van der Waals surface area contributed by atoms with Gasteiger partial charge in [-0.25, -0.2) is 0 Å². The Hall–Kier alpha value is -1.46. The Morgan fingerprint density at radius 2 is 2.25 bits per heavy atom. The summed E-state index contributed by atoms with van der Waals surface area (Å²) < 4.78 is 13.3. The van der Waals surface area contributed by atoms with E-state index in [1.54, 1.807) is 13.3 Å². The van der Waals surface area contributed by atoms with E-state index in [9.17, 15) is 0 Å². The topological polar surface area (TPSA) is 61.0 Å². The van der Waals surface area contributed by atoms with Crippen molar-refractivity contribution in [3.05, 3.63) is 41.2 Å². The molecule has 1 atom stereocenters. The van der Waals surface area contributed by atoms with Crippen molar-refractivity contribution in [3.63, 3.8) is 0 Å². The van der Waals surface area contributed by atoms with Crippen molar-refractivity contribution in [2.24, 2.45) is 5.73 Å². The Balaban J connectivity index is 2.34. The van der Waals surface area contributed by atoms with Gasteiger partial charge in [-0.1, -0.05) is 6.07 Å². The number of aryl methyl sites for hydroxylation is 1. The zero-order valence-corrected chi connectivity index (χ0v) is 9.99. The summed E-state index contributed by atoms with van der Waals surface area (Å²) in [5.74, 6) is 0.838. The van der Waals surface area contributed by atoms with E-state index in [4.69, 9.17) is 10.5 Å². The molecule has 2 rings (SSSR count). The number of hydrogen-bond donors (Lipinski definition) is 1. The summed E-state index contributed by atoms with van der Waals surface area (Å²) >= 11 is 1.17. The molecular weight excluding hydrogens is 222 g/mol. The average molecular weight is 235 g/mol. The van der Waals surface area contributed by atoms with Crippen molar-refractivity contribution < 1.29 is 4.74 Å². The predicted molar refractivity (Wildman–Crippen MR) is 63.7 cm³/mol. The van der Waals surface area contributed by atoms with Crippen LogP contribution in [0, 0.1) is 6.92 Å². The Morgan fingerprint density at radius 3 is 2.81 bits per heavy atom. The highest BCUT2D eigenvalue weighted by Crippen LogP contribution is 2.24. The summed E-state index contributed by atoms with van der Waals surface area (Å²) in [7, 11) is 1.65. The molecule has 0 radical (unpaired) electrons.